The van der Waals surface area contributed by atoms with Crippen LogP contribution in [0.4, 0.5) is 8.78 Å². The molecule has 12 heteroatoms. The van der Waals surface area contributed by atoms with Crippen molar-refractivity contribution in [2.24, 2.45) is 0 Å². The van der Waals surface area contributed by atoms with Gasteiger partial charge >= 0.3 is 5.69 Å². The van der Waals surface area contributed by atoms with E-state index in [0.29, 0.717) is 0 Å². The Labute approximate surface area is 174 Å². The van der Waals surface area contributed by atoms with Crippen LogP contribution >= 0.6 is 11.6 Å². The van der Waals surface area contributed by atoms with Crippen LogP contribution in [0.5, 0.6) is 5.75 Å². The van der Waals surface area contributed by atoms with Gasteiger partial charge in [0.2, 0.25) is 5.91 Å². The van der Waals surface area contributed by atoms with Crippen molar-refractivity contribution in [1.82, 2.24) is 20.2 Å². The van der Waals surface area contributed by atoms with E-state index in [1.54, 1.807) is 0 Å². The van der Waals surface area contributed by atoms with Crippen molar-refractivity contribution < 1.29 is 28.2 Å². The van der Waals surface area contributed by atoms with Gasteiger partial charge in [-0.2, -0.15) is 4.98 Å². The van der Waals surface area contributed by atoms with Crippen molar-refractivity contribution in [3.05, 3.63) is 57.7 Å². The summed E-state index contributed by atoms with van der Waals surface area (Å²) in [4.78, 5) is 38.1. The van der Waals surface area contributed by atoms with Gasteiger partial charge in [0.1, 0.15) is 18.1 Å². The molecule has 2 aromatic rings. The molecule has 0 bridgehead atoms. The average Bonchev–Trinajstić information content (AvgIpc) is 2.70. The van der Waals surface area contributed by atoms with E-state index in [9.17, 15) is 28.3 Å². The van der Waals surface area contributed by atoms with E-state index >= 15 is 0 Å². The number of ether oxygens (including phenoxy) is 1. The molecule has 0 spiro atoms. The fraction of sp³-hybridized carbons (Fsp3) is 0.333. The number of carbonyl (C=O) groups is 2. The first-order chi connectivity index (χ1) is 14.2. The van der Waals surface area contributed by atoms with E-state index in [1.165, 1.54) is 12.1 Å². The van der Waals surface area contributed by atoms with Crippen molar-refractivity contribution in [3.8, 4) is 5.75 Å². The minimum absolute atomic E-state index is 0.0634. The number of hydrogen-bond donors (Lipinski definition) is 3. The zero-order chi connectivity index (χ0) is 22.1. The number of aliphatic hydroxyl groups is 1. The van der Waals surface area contributed by atoms with Gasteiger partial charge in [-0.15, -0.1) is 0 Å². The number of aromatic nitrogens is 2. The smallest absolute Gasteiger partial charge is 0.348 e. The Balaban J connectivity index is 1.63. The maximum atomic E-state index is 13.3. The molecule has 1 atom stereocenters. The second-order valence-electron chi connectivity index (χ2n) is 6.14. The first kappa shape index (κ1) is 23.2. The minimum atomic E-state index is -0.958. The molecule has 0 aliphatic rings. The number of rotatable bonds is 10. The van der Waals surface area contributed by atoms with Crippen molar-refractivity contribution in [2.75, 3.05) is 19.7 Å². The monoisotopic (exact) mass is 444 g/mol. The summed E-state index contributed by atoms with van der Waals surface area (Å²) in [5, 5.41) is 14.7. The third-order valence-corrected chi connectivity index (χ3v) is 4.04. The molecular weight excluding hydrogens is 426 g/mol. The Hall–Kier alpha value is -3.05. The van der Waals surface area contributed by atoms with Crippen molar-refractivity contribution >= 4 is 23.4 Å². The highest BCUT2D eigenvalue weighted by atomic mass is 35.5. The third kappa shape index (κ3) is 7.76. The lowest BCUT2D eigenvalue weighted by Crippen LogP contribution is -2.38. The van der Waals surface area contributed by atoms with Crippen LogP contribution in [-0.2, 0) is 16.1 Å². The first-order valence-corrected chi connectivity index (χ1v) is 9.13. The van der Waals surface area contributed by atoms with Crippen LogP contribution in [0.2, 0.25) is 5.02 Å². The molecule has 0 unspecified atom stereocenters. The lowest BCUT2D eigenvalue weighted by molar-refractivity contribution is -0.124. The van der Waals surface area contributed by atoms with Crippen molar-refractivity contribution in [3.63, 3.8) is 0 Å². The number of aliphatic hydroxyl groups excluding tert-OH is 1. The van der Waals surface area contributed by atoms with Crippen molar-refractivity contribution in [2.45, 2.75) is 19.1 Å². The number of halogens is 3. The van der Waals surface area contributed by atoms with Crippen LogP contribution in [-0.4, -0.2) is 52.3 Å². The quantitative estimate of drug-likeness (QED) is 0.482. The maximum Gasteiger partial charge on any atom is 0.348 e. The number of nitrogens with zero attached hydrogens (tertiary/aromatic N) is 2. The first-order valence-electron chi connectivity index (χ1n) is 8.76. The highest BCUT2D eigenvalue weighted by Crippen LogP contribution is 2.20. The largest absolute Gasteiger partial charge is 0.484 e. The topological polar surface area (TPSA) is 123 Å². The molecule has 0 saturated carbocycles. The molecular formula is C18H19ClF2N4O5. The number of nitrogens with one attached hydrogen (secondary N) is 2. The summed E-state index contributed by atoms with van der Waals surface area (Å²) in [5.74, 6) is -2.40. The highest BCUT2D eigenvalue weighted by molar-refractivity contribution is 6.30. The van der Waals surface area contributed by atoms with Gasteiger partial charge in [-0.25, -0.2) is 13.6 Å². The summed E-state index contributed by atoms with van der Waals surface area (Å²) in [7, 11) is 0. The fourth-order valence-electron chi connectivity index (χ4n) is 2.23. The van der Waals surface area contributed by atoms with Gasteiger partial charge in [-0.05, 0) is 18.6 Å². The third-order valence-electron chi connectivity index (χ3n) is 3.73. The molecule has 2 amide bonds. The van der Waals surface area contributed by atoms with Crippen LogP contribution < -0.4 is 21.1 Å². The van der Waals surface area contributed by atoms with Crippen molar-refractivity contribution in [1.29, 1.82) is 0 Å². The summed E-state index contributed by atoms with van der Waals surface area (Å²) in [6, 6.07) is 3.74. The van der Waals surface area contributed by atoms with Gasteiger partial charge in [0.15, 0.2) is 12.4 Å². The van der Waals surface area contributed by atoms with E-state index < -0.39 is 41.8 Å². The molecule has 3 N–H and O–H groups in total. The van der Waals surface area contributed by atoms with Gasteiger partial charge in [0, 0.05) is 25.4 Å². The minimum Gasteiger partial charge on any atom is -0.484 e. The number of benzene rings is 1. The molecule has 0 radical (unpaired) electrons. The molecule has 30 heavy (non-hydrogen) atoms. The van der Waals surface area contributed by atoms with Crippen LogP contribution in [0, 0.1) is 11.6 Å². The van der Waals surface area contributed by atoms with Gasteiger partial charge in [0.25, 0.3) is 5.91 Å². The standard InChI is InChI=1S/C18H19ClF2N4O5/c19-14-2-1-13(5-15(14)21)30-10-17(28)23-7-12(26)3-4-22-16(27)9-25-8-11(20)6-24-18(25)29/h1-2,5-6,8,12,26H,3-4,7,9-10H2,(H,22,27)(H,23,28)/t12-/m0/s1. The summed E-state index contributed by atoms with van der Waals surface area (Å²) in [5.41, 5.74) is -0.766. The summed E-state index contributed by atoms with van der Waals surface area (Å²) in [6.45, 7) is -0.839. The van der Waals surface area contributed by atoms with Crippen LogP contribution in [0.1, 0.15) is 6.42 Å². The Morgan fingerprint density at radius 1 is 1.27 bits per heavy atom. The van der Waals surface area contributed by atoms with Gasteiger partial charge in [0.05, 0.1) is 17.3 Å². The van der Waals surface area contributed by atoms with Crippen LogP contribution in [0.3, 0.4) is 0 Å². The van der Waals surface area contributed by atoms with Gasteiger partial charge in [-0.1, -0.05) is 11.6 Å². The molecule has 9 nitrogen and oxygen atoms in total. The lowest BCUT2D eigenvalue weighted by atomic mass is 10.2. The van der Waals surface area contributed by atoms with Crippen LogP contribution in [0.25, 0.3) is 0 Å². The Morgan fingerprint density at radius 3 is 2.77 bits per heavy atom. The molecule has 1 heterocycles. The molecule has 1 aromatic heterocycles. The fourth-order valence-corrected chi connectivity index (χ4v) is 2.35. The maximum absolute atomic E-state index is 13.3. The molecule has 0 aliphatic heterocycles. The van der Waals surface area contributed by atoms with Crippen LogP contribution in [0.15, 0.2) is 35.4 Å². The molecule has 0 fully saturated rings. The zero-order valence-corrected chi connectivity index (χ0v) is 16.4. The summed E-state index contributed by atoms with van der Waals surface area (Å²) in [6.07, 6.45) is 0.770. The van der Waals surface area contributed by atoms with Gasteiger partial charge in [-0.3, -0.25) is 14.2 Å². The Morgan fingerprint density at radius 2 is 2.03 bits per heavy atom. The molecule has 0 saturated heterocycles. The number of hydrogen-bond acceptors (Lipinski definition) is 6. The normalized spacial score (nSPS) is 11.6. The highest BCUT2D eigenvalue weighted by Gasteiger charge is 2.11. The predicted molar refractivity (Wildman–Crippen MR) is 102 cm³/mol. The van der Waals surface area contributed by atoms with E-state index in [0.717, 1.165) is 23.0 Å². The van der Waals surface area contributed by atoms with E-state index in [2.05, 4.69) is 15.6 Å². The van der Waals surface area contributed by atoms with E-state index in [1.807, 2.05) is 0 Å². The second-order valence-corrected chi connectivity index (χ2v) is 6.55. The predicted octanol–water partition coefficient (Wildman–Crippen LogP) is 0.237. The lowest BCUT2D eigenvalue weighted by Gasteiger charge is -2.13. The Kier molecular flexibility index (Phi) is 8.69. The number of amides is 2. The van der Waals surface area contributed by atoms with Gasteiger partial charge < -0.3 is 20.5 Å². The second kappa shape index (κ2) is 11.2. The summed E-state index contributed by atoms with van der Waals surface area (Å²) < 4.78 is 32.2. The van der Waals surface area contributed by atoms with E-state index in [4.69, 9.17) is 16.3 Å². The number of carbonyl (C=O) groups excluding carboxylic acids is 2. The molecule has 1 aromatic carbocycles. The SMILES string of the molecule is O=C(COc1ccc(Cl)c(F)c1)NC[C@@H](O)CCNC(=O)Cn1cc(F)cnc1=O. The van der Waals surface area contributed by atoms with E-state index in [-0.39, 0.29) is 36.9 Å². The molecule has 162 valence electrons. The molecule has 2 rings (SSSR count). The average molecular weight is 445 g/mol. The summed E-state index contributed by atoms with van der Waals surface area (Å²) >= 11 is 5.55. The Bertz CT molecular complexity index is 956. The zero-order valence-electron chi connectivity index (χ0n) is 15.6. The molecule has 0 aliphatic carbocycles.